The molecule has 1 unspecified atom stereocenters. The average molecular weight is 380 g/mol. The Morgan fingerprint density at radius 1 is 1.32 bits per heavy atom. The van der Waals surface area contributed by atoms with Crippen LogP contribution < -0.4 is 14.8 Å². The van der Waals surface area contributed by atoms with Crippen LogP contribution in [0.1, 0.15) is 55.2 Å². The van der Waals surface area contributed by atoms with E-state index in [0.717, 1.165) is 23.3 Å². The number of amides is 1. The number of hydrogen-bond acceptors (Lipinski definition) is 3. The molecule has 1 aliphatic heterocycles. The molecule has 2 aliphatic rings. The standard InChI is InChI=1S/C23H28N2O3/c1-5-27-22-12-18-11-15(3)28-21(18)13-20(22)24-23(26)9-6-17-10-14(2)25(16(17)4)19-7-8-19/h6,9-10,12-13,15,19H,5,7-8,11H2,1-4H3,(H,24,26)/b9-6-. The number of anilines is 1. The lowest BCUT2D eigenvalue weighted by Crippen LogP contribution is -2.10. The first-order chi connectivity index (χ1) is 13.5. The van der Waals surface area contributed by atoms with Crippen molar-refractivity contribution in [3.8, 4) is 11.5 Å². The summed E-state index contributed by atoms with van der Waals surface area (Å²) in [7, 11) is 0. The Morgan fingerprint density at radius 2 is 2.11 bits per heavy atom. The summed E-state index contributed by atoms with van der Waals surface area (Å²) in [5, 5.41) is 2.95. The van der Waals surface area contributed by atoms with Crippen LogP contribution >= 0.6 is 0 Å². The van der Waals surface area contributed by atoms with Crippen LogP contribution in [0.15, 0.2) is 24.3 Å². The van der Waals surface area contributed by atoms with E-state index in [2.05, 4.69) is 29.8 Å². The van der Waals surface area contributed by atoms with E-state index in [4.69, 9.17) is 9.47 Å². The zero-order chi connectivity index (χ0) is 19.8. The van der Waals surface area contributed by atoms with E-state index in [-0.39, 0.29) is 12.0 Å². The number of nitrogens with zero attached hydrogens (tertiary/aromatic N) is 1. The predicted octanol–water partition coefficient (Wildman–Crippen LogP) is 4.81. The average Bonchev–Trinajstić information content (AvgIpc) is 3.34. The van der Waals surface area contributed by atoms with Gasteiger partial charge in [-0.3, -0.25) is 4.79 Å². The number of nitrogens with one attached hydrogen (secondary N) is 1. The molecule has 4 rings (SSSR count). The van der Waals surface area contributed by atoms with Gasteiger partial charge < -0.3 is 19.4 Å². The number of ether oxygens (including phenoxy) is 2. The van der Waals surface area contributed by atoms with Gasteiger partial charge in [-0.1, -0.05) is 0 Å². The van der Waals surface area contributed by atoms with Crippen molar-refractivity contribution in [1.82, 2.24) is 4.57 Å². The molecule has 5 heteroatoms. The highest BCUT2D eigenvalue weighted by molar-refractivity contribution is 6.03. The molecular formula is C23H28N2O3. The lowest BCUT2D eigenvalue weighted by atomic mass is 10.1. The molecule has 1 saturated carbocycles. The second kappa shape index (κ2) is 7.38. The molecule has 1 fully saturated rings. The molecule has 0 spiro atoms. The summed E-state index contributed by atoms with van der Waals surface area (Å²) in [6.07, 6.45) is 6.99. The van der Waals surface area contributed by atoms with Gasteiger partial charge >= 0.3 is 0 Å². The third-order valence-electron chi connectivity index (χ3n) is 5.41. The maximum absolute atomic E-state index is 12.6. The maximum Gasteiger partial charge on any atom is 0.248 e. The van der Waals surface area contributed by atoms with Crippen molar-refractivity contribution in [3.05, 3.63) is 46.8 Å². The monoisotopic (exact) mass is 380 g/mol. The highest BCUT2D eigenvalue weighted by Gasteiger charge is 2.26. The summed E-state index contributed by atoms with van der Waals surface area (Å²) >= 11 is 0. The molecule has 5 nitrogen and oxygen atoms in total. The van der Waals surface area contributed by atoms with Crippen molar-refractivity contribution < 1.29 is 14.3 Å². The zero-order valence-electron chi connectivity index (χ0n) is 17.0. The number of aryl methyl sites for hydroxylation is 1. The van der Waals surface area contributed by atoms with Crippen molar-refractivity contribution in [3.63, 3.8) is 0 Å². The van der Waals surface area contributed by atoms with Gasteiger partial charge in [0.05, 0.1) is 12.3 Å². The minimum absolute atomic E-state index is 0.150. The number of hydrogen-bond donors (Lipinski definition) is 1. The predicted molar refractivity (Wildman–Crippen MR) is 111 cm³/mol. The molecular weight excluding hydrogens is 352 g/mol. The molecule has 1 aromatic heterocycles. The Kier molecular flexibility index (Phi) is 4.92. The van der Waals surface area contributed by atoms with Gasteiger partial charge in [-0.05, 0) is 64.3 Å². The van der Waals surface area contributed by atoms with Crippen LogP contribution in [-0.4, -0.2) is 23.2 Å². The minimum Gasteiger partial charge on any atom is -0.492 e. The summed E-state index contributed by atoms with van der Waals surface area (Å²) in [4.78, 5) is 12.6. The van der Waals surface area contributed by atoms with Gasteiger partial charge in [0.25, 0.3) is 0 Å². The molecule has 1 atom stereocenters. The molecule has 0 radical (unpaired) electrons. The van der Waals surface area contributed by atoms with Crippen LogP contribution in [0.3, 0.4) is 0 Å². The molecule has 1 aliphatic carbocycles. The van der Waals surface area contributed by atoms with Crippen molar-refractivity contribution in [2.45, 2.75) is 59.1 Å². The second-order valence-electron chi connectivity index (χ2n) is 7.77. The van der Waals surface area contributed by atoms with Gasteiger partial charge in [0.1, 0.15) is 17.6 Å². The normalized spacial score (nSPS) is 18.2. The smallest absolute Gasteiger partial charge is 0.248 e. The lowest BCUT2D eigenvalue weighted by Gasteiger charge is -2.12. The number of carbonyl (C=O) groups is 1. The SMILES string of the molecule is CCOc1cc2c(cc1NC(=O)/C=C\c1cc(C)n(C3CC3)c1C)OC(C)C2. The Labute approximate surface area is 166 Å². The fourth-order valence-electron chi connectivity index (χ4n) is 4.02. The fourth-order valence-corrected chi connectivity index (χ4v) is 4.02. The molecule has 1 N–H and O–H groups in total. The number of rotatable bonds is 6. The van der Waals surface area contributed by atoms with Gasteiger partial charge in [-0.2, -0.15) is 0 Å². The van der Waals surface area contributed by atoms with E-state index in [1.807, 2.05) is 32.1 Å². The number of aromatic nitrogens is 1. The summed E-state index contributed by atoms with van der Waals surface area (Å²) < 4.78 is 13.9. The Morgan fingerprint density at radius 3 is 2.82 bits per heavy atom. The molecule has 0 saturated heterocycles. The van der Waals surface area contributed by atoms with Gasteiger partial charge in [0.2, 0.25) is 5.91 Å². The van der Waals surface area contributed by atoms with Gasteiger partial charge in [-0.15, -0.1) is 0 Å². The Bertz CT molecular complexity index is 938. The first-order valence-electron chi connectivity index (χ1n) is 10.1. The molecule has 2 heterocycles. The largest absolute Gasteiger partial charge is 0.492 e. The molecule has 2 aromatic rings. The number of fused-ring (bicyclic) bond motifs is 1. The van der Waals surface area contributed by atoms with E-state index >= 15 is 0 Å². The first kappa shape index (κ1) is 18.7. The second-order valence-corrected chi connectivity index (χ2v) is 7.77. The number of carbonyl (C=O) groups excluding carboxylic acids is 1. The highest BCUT2D eigenvalue weighted by atomic mass is 16.5. The van der Waals surface area contributed by atoms with E-state index in [0.29, 0.717) is 24.1 Å². The van der Waals surface area contributed by atoms with Crippen LogP contribution in [0.4, 0.5) is 5.69 Å². The topological polar surface area (TPSA) is 52.5 Å². The van der Waals surface area contributed by atoms with E-state index in [1.54, 1.807) is 6.08 Å². The number of benzene rings is 1. The van der Waals surface area contributed by atoms with Gasteiger partial charge in [0, 0.05) is 41.6 Å². The molecule has 1 amide bonds. The highest BCUT2D eigenvalue weighted by Crippen LogP contribution is 2.39. The van der Waals surface area contributed by atoms with Crippen LogP contribution in [0.5, 0.6) is 11.5 Å². The van der Waals surface area contributed by atoms with Crippen molar-refractivity contribution >= 4 is 17.7 Å². The summed E-state index contributed by atoms with van der Waals surface area (Å²) in [6.45, 7) is 8.77. The summed E-state index contributed by atoms with van der Waals surface area (Å²) in [5.74, 6) is 1.33. The van der Waals surface area contributed by atoms with Crippen LogP contribution in [0.25, 0.3) is 6.08 Å². The van der Waals surface area contributed by atoms with Crippen LogP contribution in [-0.2, 0) is 11.2 Å². The lowest BCUT2D eigenvalue weighted by molar-refractivity contribution is -0.111. The maximum atomic E-state index is 12.6. The van der Waals surface area contributed by atoms with Crippen molar-refractivity contribution in [2.24, 2.45) is 0 Å². The fraction of sp³-hybridized carbons (Fsp3) is 0.435. The summed E-state index contributed by atoms with van der Waals surface area (Å²) in [5.41, 5.74) is 5.34. The Balaban J connectivity index is 1.52. The van der Waals surface area contributed by atoms with Crippen molar-refractivity contribution in [1.29, 1.82) is 0 Å². The van der Waals surface area contributed by atoms with Gasteiger partial charge in [-0.25, -0.2) is 0 Å². The van der Waals surface area contributed by atoms with Crippen LogP contribution in [0.2, 0.25) is 0 Å². The molecule has 148 valence electrons. The van der Waals surface area contributed by atoms with E-state index in [1.165, 1.54) is 24.2 Å². The molecule has 0 bridgehead atoms. The summed E-state index contributed by atoms with van der Waals surface area (Å²) in [6, 6.07) is 6.63. The third-order valence-corrected chi connectivity index (χ3v) is 5.41. The van der Waals surface area contributed by atoms with E-state index in [9.17, 15) is 4.79 Å². The van der Waals surface area contributed by atoms with Crippen LogP contribution in [0, 0.1) is 13.8 Å². The third kappa shape index (κ3) is 3.66. The quantitative estimate of drug-likeness (QED) is 0.732. The molecule has 28 heavy (non-hydrogen) atoms. The van der Waals surface area contributed by atoms with Crippen molar-refractivity contribution in [2.75, 3.05) is 11.9 Å². The molecule has 1 aromatic carbocycles. The van der Waals surface area contributed by atoms with E-state index < -0.39 is 0 Å². The zero-order valence-corrected chi connectivity index (χ0v) is 17.0. The first-order valence-corrected chi connectivity index (χ1v) is 10.1. The van der Waals surface area contributed by atoms with Gasteiger partial charge in [0.15, 0.2) is 0 Å². The minimum atomic E-state index is -0.178. The Hall–Kier alpha value is -2.69.